The monoisotopic (exact) mass is 438 g/mol. The first kappa shape index (κ1) is 19.8. The number of thiazole rings is 1. The van der Waals surface area contributed by atoms with Gasteiger partial charge in [0.05, 0.1) is 20.7 Å². The lowest BCUT2D eigenvalue weighted by Crippen LogP contribution is -2.23. The van der Waals surface area contributed by atoms with Gasteiger partial charge >= 0.3 is 5.70 Å². The number of aromatic nitrogens is 2. The summed E-state index contributed by atoms with van der Waals surface area (Å²) in [5, 5.41) is 25.4. The van der Waals surface area contributed by atoms with Gasteiger partial charge in [0.15, 0.2) is 5.82 Å². The Morgan fingerprint density at radius 2 is 2.23 bits per heavy atom. The van der Waals surface area contributed by atoms with Crippen LogP contribution in [0.1, 0.15) is 10.6 Å². The molecule has 0 amide bonds. The number of nitro groups is 1. The van der Waals surface area contributed by atoms with E-state index in [1.807, 2.05) is 35.2 Å². The van der Waals surface area contributed by atoms with Gasteiger partial charge < -0.3 is 10.2 Å². The van der Waals surface area contributed by atoms with Gasteiger partial charge in [-0.25, -0.2) is 9.97 Å². The summed E-state index contributed by atoms with van der Waals surface area (Å²) in [4.78, 5) is 21.7. The molecule has 4 rings (SSSR count). The molecule has 3 heterocycles. The smallest absolute Gasteiger partial charge is 0.310 e. The molecule has 1 fully saturated rings. The Bertz CT molecular complexity index is 1180. The van der Waals surface area contributed by atoms with E-state index in [0.717, 1.165) is 15.8 Å². The highest BCUT2D eigenvalue weighted by Gasteiger charge is 2.27. The van der Waals surface area contributed by atoms with Gasteiger partial charge in [0.1, 0.15) is 16.2 Å². The average molecular weight is 439 g/mol. The summed E-state index contributed by atoms with van der Waals surface area (Å²) in [5.41, 5.74) is 1.60. The summed E-state index contributed by atoms with van der Waals surface area (Å²) in [6, 6.07) is 13.1. The summed E-state index contributed by atoms with van der Waals surface area (Å²) in [6.45, 7) is 1.58. The largest absolute Gasteiger partial charge is 0.364 e. The summed E-state index contributed by atoms with van der Waals surface area (Å²) in [6.07, 6.45) is 2.93. The highest BCUT2D eigenvalue weighted by molar-refractivity contribution is 7.19. The molecule has 1 aromatic carbocycles. The van der Waals surface area contributed by atoms with Crippen molar-refractivity contribution in [3.05, 3.63) is 86.0 Å². The third-order valence-electron chi connectivity index (χ3n) is 4.52. The van der Waals surface area contributed by atoms with Crippen LogP contribution in [0.2, 0.25) is 5.15 Å². The second-order valence-corrected chi connectivity index (χ2v) is 7.90. The molecule has 3 aromatic rings. The molecule has 0 spiro atoms. The number of nitrogens with one attached hydrogen (secondary N) is 1. The number of fused-ring (bicyclic) bond motifs is 1. The van der Waals surface area contributed by atoms with E-state index >= 15 is 0 Å². The molecule has 1 saturated heterocycles. The first-order valence-corrected chi connectivity index (χ1v) is 10.2. The third-order valence-corrected chi connectivity index (χ3v) is 5.81. The average Bonchev–Trinajstić information content (AvgIpc) is 3.37. The number of pyridine rings is 1. The molecule has 2 aromatic heterocycles. The number of nitriles is 1. The van der Waals surface area contributed by atoms with E-state index in [2.05, 4.69) is 21.4 Å². The Hall–Kier alpha value is -3.48. The normalized spacial score (nSPS) is 15.7. The van der Waals surface area contributed by atoms with E-state index in [1.54, 1.807) is 12.3 Å². The maximum atomic E-state index is 11.9. The molecule has 1 aliphatic heterocycles. The van der Waals surface area contributed by atoms with Crippen LogP contribution in [0.25, 0.3) is 15.8 Å². The number of para-hydroxylation sites is 1. The van der Waals surface area contributed by atoms with Gasteiger partial charge in [-0.15, -0.1) is 11.3 Å². The number of rotatable bonds is 5. The maximum absolute atomic E-state index is 11.9. The molecule has 1 N–H and O–H groups in total. The van der Waals surface area contributed by atoms with Crippen LogP contribution in [0.3, 0.4) is 0 Å². The molecule has 0 unspecified atom stereocenters. The standard InChI is InChI=1S/C20H15ClN6O2S/c21-18-6-5-13(11-24-18)12-26-8-7-23-19(26)16(27(28)29)9-14(10-22)20-25-15-3-1-2-4-17(15)30-20/h1-6,9,11,23H,7-8,12H2/b14-9+,19-16-. The van der Waals surface area contributed by atoms with Gasteiger partial charge in [-0.2, -0.15) is 5.26 Å². The SMILES string of the molecule is N#C/C(=C\C(=C1/NCCN1Cc1ccc(Cl)nc1)[N+](=O)[O-])c1nc2ccccc2s1. The van der Waals surface area contributed by atoms with E-state index in [4.69, 9.17) is 11.6 Å². The molecule has 150 valence electrons. The Morgan fingerprint density at radius 1 is 1.40 bits per heavy atom. The second kappa shape index (κ2) is 8.49. The first-order chi connectivity index (χ1) is 14.5. The Labute approximate surface area is 180 Å². The molecule has 0 saturated carbocycles. The van der Waals surface area contributed by atoms with Crippen molar-refractivity contribution in [2.75, 3.05) is 13.1 Å². The molecule has 8 nitrogen and oxygen atoms in total. The first-order valence-electron chi connectivity index (χ1n) is 9.01. The third kappa shape index (κ3) is 4.10. The molecule has 0 radical (unpaired) electrons. The van der Waals surface area contributed by atoms with E-state index < -0.39 is 4.92 Å². The van der Waals surface area contributed by atoms with Crippen LogP contribution in [0.5, 0.6) is 0 Å². The van der Waals surface area contributed by atoms with Crippen LogP contribution >= 0.6 is 22.9 Å². The lowest BCUT2D eigenvalue weighted by molar-refractivity contribution is -0.421. The number of hydrogen-bond donors (Lipinski definition) is 1. The molecule has 30 heavy (non-hydrogen) atoms. The molecular weight excluding hydrogens is 424 g/mol. The summed E-state index contributed by atoms with van der Waals surface area (Å²) < 4.78 is 0.916. The number of halogens is 1. The van der Waals surface area contributed by atoms with Crippen molar-refractivity contribution in [2.24, 2.45) is 0 Å². The van der Waals surface area contributed by atoms with Crippen LogP contribution < -0.4 is 5.32 Å². The van der Waals surface area contributed by atoms with Crippen LogP contribution in [0.15, 0.2) is 60.2 Å². The summed E-state index contributed by atoms with van der Waals surface area (Å²) >= 11 is 7.16. The van der Waals surface area contributed by atoms with E-state index in [1.165, 1.54) is 17.4 Å². The molecule has 0 atom stereocenters. The van der Waals surface area contributed by atoms with Crippen molar-refractivity contribution in [1.29, 1.82) is 5.26 Å². The van der Waals surface area contributed by atoms with Crippen LogP contribution in [0, 0.1) is 21.4 Å². The van der Waals surface area contributed by atoms with E-state index in [9.17, 15) is 15.4 Å². The van der Waals surface area contributed by atoms with Gasteiger partial charge in [0.25, 0.3) is 0 Å². The number of benzene rings is 1. The minimum atomic E-state index is -0.481. The van der Waals surface area contributed by atoms with Crippen LogP contribution in [0.4, 0.5) is 0 Å². The zero-order valence-corrected chi connectivity index (χ0v) is 17.2. The van der Waals surface area contributed by atoms with Crippen molar-refractivity contribution in [1.82, 2.24) is 20.2 Å². The predicted octanol–water partition coefficient (Wildman–Crippen LogP) is 3.80. The van der Waals surface area contributed by atoms with Crippen molar-refractivity contribution in [3.8, 4) is 6.07 Å². The minimum Gasteiger partial charge on any atom is -0.364 e. The zero-order chi connectivity index (χ0) is 21.1. The van der Waals surface area contributed by atoms with Gasteiger partial charge in [-0.1, -0.05) is 29.8 Å². The van der Waals surface area contributed by atoms with Gasteiger partial charge in [0, 0.05) is 31.9 Å². The highest BCUT2D eigenvalue weighted by Crippen LogP contribution is 2.28. The molecule has 0 bridgehead atoms. The van der Waals surface area contributed by atoms with Crippen molar-refractivity contribution in [3.63, 3.8) is 0 Å². The number of allylic oxidation sites excluding steroid dienone is 2. The van der Waals surface area contributed by atoms with Gasteiger partial charge in [0.2, 0.25) is 0 Å². The number of hydrogen-bond acceptors (Lipinski definition) is 8. The Morgan fingerprint density at radius 3 is 2.93 bits per heavy atom. The fourth-order valence-corrected chi connectivity index (χ4v) is 4.18. The van der Waals surface area contributed by atoms with Gasteiger partial charge in [-0.3, -0.25) is 10.1 Å². The van der Waals surface area contributed by atoms with Crippen molar-refractivity contribution >= 4 is 38.7 Å². The fraction of sp³-hybridized carbons (Fsp3) is 0.150. The lowest BCUT2D eigenvalue weighted by Gasteiger charge is -2.18. The van der Waals surface area contributed by atoms with E-state index in [0.29, 0.717) is 35.6 Å². The van der Waals surface area contributed by atoms with Crippen molar-refractivity contribution < 1.29 is 4.92 Å². The maximum Gasteiger partial charge on any atom is 0.310 e. The van der Waals surface area contributed by atoms with Crippen LogP contribution in [-0.2, 0) is 6.54 Å². The minimum absolute atomic E-state index is 0.150. The lowest BCUT2D eigenvalue weighted by atomic mass is 10.2. The zero-order valence-electron chi connectivity index (χ0n) is 15.6. The van der Waals surface area contributed by atoms with Gasteiger partial charge in [-0.05, 0) is 23.8 Å². The quantitative estimate of drug-likeness (QED) is 0.279. The van der Waals surface area contributed by atoms with Crippen molar-refractivity contribution in [2.45, 2.75) is 6.54 Å². The van der Waals surface area contributed by atoms with Crippen LogP contribution in [-0.4, -0.2) is 32.9 Å². The Balaban J connectivity index is 1.71. The fourth-order valence-electron chi connectivity index (χ4n) is 3.14. The highest BCUT2D eigenvalue weighted by atomic mass is 35.5. The molecule has 0 aliphatic carbocycles. The molecule has 10 heteroatoms. The molecule has 1 aliphatic rings. The molecular formula is C20H15ClN6O2S. The topological polar surface area (TPSA) is 108 Å². The second-order valence-electron chi connectivity index (χ2n) is 6.49. The van der Waals surface area contributed by atoms with E-state index in [-0.39, 0.29) is 11.3 Å². The summed E-state index contributed by atoms with van der Waals surface area (Å²) in [7, 11) is 0. The number of nitrogens with zero attached hydrogens (tertiary/aromatic N) is 5. The Kier molecular flexibility index (Phi) is 5.61. The summed E-state index contributed by atoms with van der Waals surface area (Å²) in [5.74, 6) is 0.365. The predicted molar refractivity (Wildman–Crippen MR) is 115 cm³/mol.